The molecule has 0 bridgehead atoms. The van der Waals surface area contributed by atoms with E-state index in [1.807, 2.05) is 0 Å². The predicted octanol–water partition coefficient (Wildman–Crippen LogP) is 3.51. The lowest BCUT2D eigenvalue weighted by Gasteiger charge is -2.06. The summed E-state index contributed by atoms with van der Waals surface area (Å²) in [6.07, 6.45) is 1.67. The maximum absolute atomic E-state index is 11.8. The molecular weight excluding hydrogens is 384 g/mol. The summed E-state index contributed by atoms with van der Waals surface area (Å²) in [7, 11) is 1.45. The van der Waals surface area contributed by atoms with Crippen molar-refractivity contribution in [2.24, 2.45) is 5.10 Å². The van der Waals surface area contributed by atoms with Gasteiger partial charge in [-0.3, -0.25) is 4.79 Å². The lowest BCUT2D eigenvalue weighted by molar-refractivity contribution is -0.120. The highest BCUT2D eigenvalue weighted by molar-refractivity contribution is 9.10. The fraction of sp³-hybridized carbons (Fsp3) is 0.125. The zero-order chi connectivity index (χ0) is 16.8. The Bertz CT molecular complexity index is 733. The van der Waals surface area contributed by atoms with Gasteiger partial charge in [0.15, 0.2) is 11.5 Å². The van der Waals surface area contributed by atoms with Crippen molar-refractivity contribution < 1.29 is 14.6 Å². The van der Waals surface area contributed by atoms with E-state index in [2.05, 4.69) is 26.5 Å². The maximum atomic E-state index is 11.8. The molecule has 23 heavy (non-hydrogen) atoms. The van der Waals surface area contributed by atoms with Crippen LogP contribution in [0.2, 0.25) is 5.02 Å². The largest absolute Gasteiger partial charge is 0.503 e. The van der Waals surface area contributed by atoms with E-state index in [9.17, 15) is 9.90 Å². The Morgan fingerprint density at radius 2 is 2.09 bits per heavy atom. The van der Waals surface area contributed by atoms with E-state index < -0.39 is 0 Å². The van der Waals surface area contributed by atoms with Crippen LogP contribution in [-0.4, -0.2) is 24.3 Å². The highest BCUT2D eigenvalue weighted by Crippen LogP contribution is 2.34. The van der Waals surface area contributed by atoms with Gasteiger partial charge in [0, 0.05) is 5.02 Å². The standard InChI is InChI=1S/C16H14BrClN2O3/c1-23-14-7-11(6-13(17)16(14)22)9-19-20-15(21)8-10-2-4-12(18)5-3-10/h2-7,9,22H,8H2,1H3,(H,20,21)/b19-9+. The van der Waals surface area contributed by atoms with Gasteiger partial charge in [-0.05, 0) is 51.3 Å². The van der Waals surface area contributed by atoms with E-state index in [-0.39, 0.29) is 18.1 Å². The first kappa shape index (κ1) is 17.3. The number of ether oxygens (including phenoxy) is 1. The molecule has 0 fully saturated rings. The highest BCUT2D eigenvalue weighted by atomic mass is 79.9. The highest BCUT2D eigenvalue weighted by Gasteiger charge is 2.07. The number of aromatic hydroxyl groups is 1. The first-order valence-corrected chi connectivity index (χ1v) is 7.79. The van der Waals surface area contributed by atoms with Crippen LogP contribution in [0.4, 0.5) is 0 Å². The van der Waals surface area contributed by atoms with E-state index in [0.717, 1.165) is 5.56 Å². The molecule has 0 unspecified atom stereocenters. The number of carbonyl (C=O) groups excluding carboxylic acids is 1. The van der Waals surface area contributed by atoms with E-state index >= 15 is 0 Å². The monoisotopic (exact) mass is 396 g/mol. The van der Waals surface area contributed by atoms with Crippen molar-refractivity contribution >= 4 is 39.7 Å². The molecule has 2 rings (SSSR count). The van der Waals surface area contributed by atoms with Crippen molar-refractivity contribution in [3.63, 3.8) is 0 Å². The maximum Gasteiger partial charge on any atom is 0.244 e. The number of benzene rings is 2. The summed E-state index contributed by atoms with van der Waals surface area (Å²) in [5.41, 5.74) is 3.95. The third-order valence-electron chi connectivity index (χ3n) is 2.95. The van der Waals surface area contributed by atoms with E-state index in [0.29, 0.717) is 20.8 Å². The minimum atomic E-state index is -0.242. The van der Waals surface area contributed by atoms with Gasteiger partial charge in [-0.25, -0.2) is 5.43 Å². The molecule has 0 saturated carbocycles. The van der Waals surface area contributed by atoms with Gasteiger partial charge in [0.05, 0.1) is 24.2 Å². The Hall–Kier alpha value is -2.05. The molecule has 0 spiro atoms. The number of nitrogens with zero attached hydrogens (tertiary/aromatic N) is 1. The van der Waals surface area contributed by atoms with Crippen molar-refractivity contribution in [1.29, 1.82) is 0 Å². The molecule has 0 aromatic heterocycles. The lowest BCUT2D eigenvalue weighted by Crippen LogP contribution is -2.19. The van der Waals surface area contributed by atoms with Gasteiger partial charge in [-0.15, -0.1) is 0 Å². The molecule has 0 saturated heterocycles. The van der Waals surface area contributed by atoms with Crippen LogP contribution in [0, 0.1) is 0 Å². The van der Waals surface area contributed by atoms with Crippen molar-refractivity contribution in [2.75, 3.05) is 7.11 Å². The number of carbonyl (C=O) groups is 1. The normalized spacial score (nSPS) is 10.7. The van der Waals surface area contributed by atoms with E-state index in [1.165, 1.54) is 13.3 Å². The number of halogens is 2. The van der Waals surface area contributed by atoms with Crippen LogP contribution in [0.15, 0.2) is 46.0 Å². The summed E-state index contributed by atoms with van der Waals surface area (Å²) in [5, 5.41) is 14.2. The Balaban J connectivity index is 1.97. The summed E-state index contributed by atoms with van der Waals surface area (Å²) in [6, 6.07) is 10.3. The average molecular weight is 398 g/mol. The van der Waals surface area contributed by atoms with Crippen LogP contribution in [0.5, 0.6) is 11.5 Å². The molecular formula is C16H14BrClN2O3. The smallest absolute Gasteiger partial charge is 0.244 e. The molecule has 2 N–H and O–H groups in total. The van der Waals surface area contributed by atoms with Crippen LogP contribution in [0.3, 0.4) is 0 Å². The lowest BCUT2D eigenvalue weighted by atomic mass is 10.1. The van der Waals surface area contributed by atoms with Crippen LogP contribution < -0.4 is 10.2 Å². The number of phenolic OH excluding ortho intramolecular Hbond substituents is 1. The van der Waals surface area contributed by atoms with E-state index in [1.54, 1.807) is 36.4 Å². The number of rotatable bonds is 5. The van der Waals surface area contributed by atoms with Crippen LogP contribution in [0.25, 0.3) is 0 Å². The third kappa shape index (κ3) is 4.97. The minimum Gasteiger partial charge on any atom is -0.503 e. The van der Waals surface area contributed by atoms with Crippen molar-refractivity contribution in [2.45, 2.75) is 6.42 Å². The Morgan fingerprint density at radius 3 is 2.74 bits per heavy atom. The molecule has 0 radical (unpaired) electrons. The first-order chi connectivity index (χ1) is 11.0. The van der Waals surface area contributed by atoms with Crippen LogP contribution in [-0.2, 0) is 11.2 Å². The van der Waals surface area contributed by atoms with Gasteiger partial charge in [-0.2, -0.15) is 5.10 Å². The number of hydrazone groups is 1. The molecule has 2 aromatic rings. The second-order valence-corrected chi connectivity index (χ2v) is 5.94. The topological polar surface area (TPSA) is 70.9 Å². The number of methoxy groups -OCH3 is 1. The Morgan fingerprint density at radius 1 is 1.39 bits per heavy atom. The fourth-order valence-corrected chi connectivity index (χ4v) is 2.42. The Labute approximate surface area is 147 Å². The number of nitrogens with one attached hydrogen (secondary N) is 1. The molecule has 2 aromatic carbocycles. The minimum absolute atomic E-state index is 0.0106. The average Bonchev–Trinajstić information content (AvgIpc) is 2.53. The van der Waals surface area contributed by atoms with Crippen molar-refractivity contribution in [1.82, 2.24) is 5.43 Å². The predicted molar refractivity (Wildman–Crippen MR) is 93.3 cm³/mol. The zero-order valence-electron chi connectivity index (χ0n) is 12.2. The summed E-state index contributed by atoms with van der Waals surface area (Å²) in [4.78, 5) is 11.8. The molecule has 0 atom stereocenters. The Kier molecular flexibility index (Phi) is 6.01. The SMILES string of the molecule is COc1cc(/C=N/NC(=O)Cc2ccc(Cl)cc2)cc(Br)c1O. The summed E-state index contributed by atoms with van der Waals surface area (Å²) >= 11 is 9.01. The fourth-order valence-electron chi connectivity index (χ4n) is 1.83. The van der Waals surface area contributed by atoms with Crippen LogP contribution >= 0.6 is 27.5 Å². The van der Waals surface area contributed by atoms with Gasteiger partial charge in [-0.1, -0.05) is 23.7 Å². The summed E-state index contributed by atoms with van der Waals surface area (Å²) < 4.78 is 5.52. The van der Waals surface area contributed by atoms with Gasteiger partial charge in [0.25, 0.3) is 0 Å². The second-order valence-electron chi connectivity index (χ2n) is 4.65. The van der Waals surface area contributed by atoms with Crippen molar-refractivity contribution in [3.8, 4) is 11.5 Å². The second kappa shape index (κ2) is 7.99. The number of amides is 1. The zero-order valence-corrected chi connectivity index (χ0v) is 14.6. The molecule has 0 heterocycles. The first-order valence-electron chi connectivity index (χ1n) is 6.62. The molecule has 5 nitrogen and oxygen atoms in total. The molecule has 0 aliphatic rings. The molecule has 120 valence electrons. The third-order valence-corrected chi connectivity index (χ3v) is 3.81. The number of hydrogen-bond donors (Lipinski definition) is 2. The quantitative estimate of drug-likeness (QED) is 0.599. The van der Waals surface area contributed by atoms with Gasteiger partial charge >= 0.3 is 0 Å². The summed E-state index contributed by atoms with van der Waals surface area (Å²) in [6.45, 7) is 0. The van der Waals surface area contributed by atoms with E-state index in [4.69, 9.17) is 16.3 Å². The van der Waals surface area contributed by atoms with Crippen LogP contribution in [0.1, 0.15) is 11.1 Å². The van der Waals surface area contributed by atoms with Gasteiger partial charge in [0.2, 0.25) is 5.91 Å². The molecule has 0 aliphatic heterocycles. The van der Waals surface area contributed by atoms with Crippen molar-refractivity contribution in [3.05, 3.63) is 57.0 Å². The number of phenols is 1. The van der Waals surface area contributed by atoms with Gasteiger partial charge < -0.3 is 9.84 Å². The molecule has 7 heteroatoms. The molecule has 0 aliphatic carbocycles. The van der Waals surface area contributed by atoms with Gasteiger partial charge in [0.1, 0.15) is 0 Å². The molecule has 1 amide bonds. The number of hydrogen-bond acceptors (Lipinski definition) is 4. The summed E-state index contributed by atoms with van der Waals surface area (Å²) in [5.74, 6) is 0.0816.